The molecule has 0 saturated heterocycles. The first-order chi connectivity index (χ1) is 9.15. The number of halogens is 1. The summed E-state index contributed by atoms with van der Waals surface area (Å²) in [4.78, 5) is 0. The average Bonchev–Trinajstić information content (AvgIpc) is 2.70. The van der Waals surface area contributed by atoms with Crippen molar-refractivity contribution >= 4 is 26.8 Å². The van der Waals surface area contributed by atoms with Crippen LogP contribution in [0.4, 0.5) is 0 Å². The molecule has 0 radical (unpaired) electrons. The number of fused-ring (bicyclic) bond motifs is 1. The van der Waals surface area contributed by atoms with Crippen LogP contribution in [-0.2, 0) is 13.6 Å². The third kappa shape index (κ3) is 2.22. The highest BCUT2D eigenvalue weighted by Crippen LogP contribution is 2.37. The number of hydrogen-bond donors (Lipinski definition) is 1. The SMILES string of the molecule is CCNCc1c(C#N)n(C)c2c(Br)ccc(OC)c12. The van der Waals surface area contributed by atoms with E-state index in [-0.39, 0.29) is 0 Å². The molecule has 5 heteroatoms. The van der Waals surface area contributed by atoms with E-state index in [1.807, 2.05) is 30.7 Å². The summed E-state index contributed by atoms with van der Waals surface area (Å²) < 4.78 is 8.32. The van der Waals surface area contributed by atoms with Crippen molar-refractivity contribution in [3.05, 3.63) is 27.9 Å². The normalized spacial score (nSPS) is 10.7. The van der Waals surface area contributed by atoms with E-state index in [2.05, 4.69) is 27.3 Å². The highest BCUT2D eigenvalue weighted by molar-refractivity contribution is 9.10. The molecule has 0 unspecified atom stereocenters. The van der Waals surface area contributed by atoms with Crippen molar-refractivity contribution < 1.29 is 4.74 Å². The number of aryl methyl sites for hydroxylation is 1. The van der Waals surface area contributed by atoms with E-state index in [0.29, 0.717) is 12.2 Å². The van der Waals surface area contributed by atoms with Gasteiger partial charge in [0.2, 0.25) is 0 Å². The minimum Gasteiger partial charge on any atom is -0.496 e. The van der Waals surface area contributed by atoms with Gasteiger partial charge in [0, 0.05) is 29.0 Å². The molecule has 1 aromatic heterocycles. The van der Waals surface area contributed by atoms with E-state index in [0.717, 1.165) is 33.2 Å². The van der Waals surface area contributed by atoms with Gasteiger partial charge >= 0.3 is 0 Å². The molecule has 0 fully saturated rings. The van der Waals surface area contributed by atoms with Crippen molar-refractivity contribution in [2.24, 2.45) is 7.05 Å². The molecule has 0 aliphatic carbocycles. The number of nitriles is 1. The summed E-state index contributed by atoms with van der Waals surface area (Å²) in [5.41, 5.74) is 2.64. The predicted octanol–water partition coefficient (Wildman–Crippen LogP) is 2.93. The molecular weight excluding hydrogens is 306 g/mol. The minimum absolute atomic E-state index is 0.656. The molecule has 2 rings (SSSR count). The van der Waals surface area contributed by atoms with E-state index in [9.17, 15) is 5.26 Å². The Hall–Kier alpha value is -1.51. The molecular formula is C14H16BrN3O. The van der Waals surface area contributed by atoms with Gasteiger partial charge in [-0.25, -0.2) is 0 Å². The van der Waals surface area contributed by atoms with Crippen molar-refractivity contribution in [3.63, 3.8) is 0 Å². The Morgan fingerprint density at radius 1 is 1.47 bits per heavy atom. The van der Waals surface area contributed by atoms with Gasteiger partial charge in [0.1, 0.15) is 17.5 Å². The van der Waals surface area contributed by atoms with Gasteiger partial charge in [-0.1, -0.05) is 6.92 Å². The zero-order valence-electron chi connectivity index (χ0n) is 11.2. The number of nitrogens with zero attached hydrogens (tertiary/aromatic N) is 2. The quantitative estimate of drug-likeness (QED) is 0.941. The Morgan fingerprint density at radius 3 is 2.79 bits per heavy atom. The molecule has 100 valence electrons. The molecule has 0 bridgehead atoms. The van der Waals surface area contributed by atoms with E-state index in [1.165, 1.54) is 0 Å². The van der Waals surface area contributed by atoms with Gasteiger partial charge in [-0.15, -0.1) is 0 Å². The van der Waals surface area contributed by atoms with E-state index in [4.69, 9.17) is 4.74 Å². The van der Waals surface area contributed by atoms with Crippen LogP contribution in [0.5, 0.6) is 5.75 Å². The lowest BCUT2D eigenvalue weighted by molar-refractivity contribution is 0.419. The van der Waals surface area contributed by atoms with Crippen LogP contribution in [0.1, 0.15) is 18.2 Å². The summed E-state index contributed by atoms with van der Waals surface area (Å²) in [6, 6.07) is 6.15. The Labute approximate surface area is 121 Å². The van der Waals surface area contributed by atoms with Crippen LogP contribution in [0.3, 0.4) is 0 Å². The molecule has 4 nitrogen and oxygen atoms in total. The summed E-state index contributed by atoms with van der Waals surface area (Å²) in [6.45, 7) is 3.56. The number of rotatable bonds is 4. The van der Waals surface area contributed by atoms with E-state index >= 15 is 0 Å². The lowest BCUT2D eigenvalue weighted by Gasteiger charge is -2.06. The topological polar surface area (TPSA) is 50.0 Å². The van der Waals surface area contributed by atoms with Gasteiger partial charge in [0.25, 0.3) is 0 Å². The molecule has 0 saturated carbocycles. The van der Waals surface area contributed by atoms with Crippen LogP contribution < -0.4 is 10.1 Å². The Balaban J connectivity index is 2.83. The zero-order chi connectivity index (χ0) is 14.0. The molecule has 1 heterocycles. The van der Waals surface area contributed by atoms with Gasteiger partial charge in [-0.05, 0) is 34.6 Å². The first-order valence-corrected chi connectivity index (χ1v) is 6.89. The standard InChI is InChI=1S/C14H16BrN3O/c1-4-17-8-9-11(7-16)18(2)14-10(15)5-6-12(19-3)13(9)14/h5-6,17H,4,8H2,1-3H3. The molecule has 0 atom stereocenters. The van der Waals surface area contributed by atoms with Crippen molar-refractivity contribution in [3.8, 4) is 11.8 Å². The van der Waals surface area contributed by atoms with Crippen molar-refractivity contribution in [1.82, 2.24) is 9.88 Å². The number of hydrogen-bond acceptors (Lipinski definition) is 3. The fourth-order valence-electron chi connectivity index (χ4n) is 2.33. The van der Waals surface area contributed by atoms with Gasteiger partial charge < -0.3 is 14.6 Å². The maximum Gasteiger partial charge on any atom is 0.128 e. The lowest BCUT2D eigenvalue weighted by atomic mass is 10.1. The summed E-state index contributed by atoms with van der Waals surface area (Å²) in [6.07, 6.45) is 0. The summed E-state index contributed by atoms with van der Waals surface area (Å²) in [5.74, 6) is 0.795. The maximum atomic E-state index is 9.40. The van der Waals surface area contributed by atoms with Gasteiger partial charge in [-0.3, -0.25) is 0 Å². The monoisotopic (exact) mass is 321 g/mol. The van der Waals surface area contributed by atoms with Crippen LogP contribution in [0.15, 0.2) is 16.6 Å². The number of methoxy groups -OCH3 is 1. The molecule has 1 aromatic carbocycles. The van der Waals surface area contributed by atoms with E-state index < -0.39 is 0 Å². The number of benzene rings is 1. The third-order valence-electron chi connectivity index (χ3n) is 3.23. The predicted molar refractivity (Wildman–Crippen MR) is 79.3 cm³/mol. The third-order valence-corrected chi connectivity index (χ3v) is 3.87. The zero-order valence-corrected chi connectivity index (χ0v) is 12.8. The first-order valence-electron chi connectivity index (χ1n) is 6.10. The summed E-state index contributed by atoms with van der Waals surface area (Å²) >= 11 is 3.55. The molecule has 0 spiro atoms. The Kier molecular flexibility index (Phi) is 4.13. The smallest absolute Gasteiger partial charge is 0.128 e. The van der Waals surface area contributed by atoms with Crippen LogP contribution in [-0.4, -0.2) is 18.2 Å². The average molecular weight is 322 g/mol. The lowest BCUT2D eigenvalue weighted by Crippen LogP contribution is -2.12. The van der Waals surface area contributed by atoms with Gasteiger partial charge in [-0.2, -0.15) is 5.26 Å². The number of nitrogens with one attached hydrogen (secondary N) is 1. The number of aromatic nitrogens is 1. The molecule has 0 amide bonds. The molecule has 0 aliphatic heterocycles. The molecule has 1 N–H and O–H groups in total. The second kappa shape index (κ2) is 5.64. The highest BCUT2D eigenvalue weighted by atomic mass is 79.9. The summed E-state index contributed by atoms with van der Waals surface area (Å²) in [5, 5.41) is 13.7. The van der Waals surface area contributed by atoms with Crippen molar-refractivity contribution in [2.45, 2.75) is 13.5 Å². The van der Waals surface area contributed by atoms with Crippen LogP contribution in [0, 0.1) is 11.3 Å². The highest BCUT2D eigenvalue weighted by Gasteiger charge is 2.19. The van der Waals surface area contributed by atoms with Crippen LogP contribution >= 0.6 is 15.9 Å². The molecule has 19 heavy (non-hydrogen) atoms. The molecule has 0 aliphatic rings. The van der Waals surface area contributed by atoms with Crippen LogP contribution in [0.2, 0.25) is 0 Å². The van der Waals surface area contributed by atoms with Gasteiger partial charge in [0.05, 0.1) is 12.6 Å². The van der Waals surface area contributed by atoms with Crippen molar-refractivity contribution in [1.29, 1.82) is 5.26 Å². The van der Waals surface area contributed by atoms with Gasteiger partial charge in [0.15, 0.2) is 0 Å². The fourth-order valence-corrected chi connectivity index (χ4v) is 2.93. The first kappa shape index (κ1) is 13.9. The Bertz CT molecular complexity index is 655. The van der Waals surface area contributed by atoms with Crippen LogP contribution in [0.25, 0.3) is 10.9 Å². The second-order valence-electron chi connectivity index (χ2n) is 4.25. The molecule has 2 aromatic rings. The maximum absolute atomic E-state index is 9.40. The summed E-state index contributed by atoms with van der Waals surface area (Å²) in [7, 11) is 3.55. The fraction of sp³-hybridized carbons (Fsp3) is 0.357. The Morgan fingerprint density at radius 2 is 2.21 bits per heavy atom. The number of ether oxygens (including phenoxy) is 1. The largest absolute Gasteiger partial charge is 0.496 e. The van der Waals surface area contributed by atoms with Crippen molar-refractivity contribution in [2.75, 3.05) is 13.7 Å². The van der Waals surface area contributed by atoms with E-state index in [1.54, 1.807) is 7.11 Å². The second-order valence-corrected chi connectivity index (χ2v) is 5.11. The minimum atomic E-state index is 0.656.